The number of aromatic nitrogens is 1. The molecule has 35 heavy (non-hydrogen) atoms. The van der Waals surface area contributed by atoms with Gasteiger partial charge in [-0.3, -0.25) is 19.3 Å². The molecule has 2 amide bonds. The lowest BCUT2D eigenvalue weighted by molar-refractivity contribution is -0.119. The van der Waals surface area contributed by atoms with E-state index in [1.165, 1.54) is 16.2 Å². The van der Waals surface area contributed by atoms with Gasteiger partial charge in [0.25, 0.3) is 11.8 Å². The minimum atomic E-state index is -0.727. The zero-order valence-electron chi connectivity index (χ0n) is 19.7. The number of fused-ring (bicyclic) bond motifs is 2. The number of primary amides is 1. The van der Waals surface area contributed by atoms with Crippen LogP contribution in [0, 0.1) is 27.7 Å². The van der Waals surface area contributed by atoms with Gasteiger partial charge in [0.15, 0.2) is 17.2 Å². The Morgan fingerprint density at radius 1 is 1.11 bits per heavy atom. The van der Waals surface area contributed by atoms with Crippen LogP contribution in [0.4, 0.5) is 5.13 Å². The molecule has 2 aromatic heterocycles. The Morgan fingerprint density at radius 3 is 2.43 bits per heavy atom. The third-order valence-electron chi connectivity index (χ3n) is 6.29. The number of anilines is 1. The van der Waals surface area contributed by atoms with E-state index < -0.39 is 17.9 Å². The van der Waals surface area contributed by atoms with Gasteiger partial charge in [0.1, 0.15) is 11.3 Å². The third kappa shape index (κ3) is 3.77. The summed E-state index contributed by atoms with van der Waals surface area (Å²) in [7, 11) is 0. The number of aryl methyl sites for hydroxylation is 4. The second-order valence-electron chi connectivity index (χ2n) is 8.65. The summed E-state index contributed by atoms with van der Waals surface area (Å²) in [4.78, 5) is 45.6. The van der Waals surface area contributed by atoms with E-state index in [1.54, 1.807) is 36.4 Å². The molecule has 2 N–H and O–H groups in total. The van der Waals surface area contributed by atoms with Crippen molar-refractivity contribution in [3.63, 3.8) is 0 Å². The molecule has 0 radical (unpaired) electrons. The number of ether oxygens (including phenoxy) is 1. The van der Waals surface area contributed by atoms with Gasteiger partial charge in [-0.1, -0.05) is 12.1 Å². The highest BCUT2D eigenvalue weighted by Gasteiger charge is 2.45. The lowest BCUT2D eigenvalue weighted by atomic mass is 9.97. The van der Waals surface area contributed by atoms with Crippen LogP contribution >= 0.6 is 11.3 Å². The maximum atomic E-state index is 13.8. The minimum Gasteiger partial charge on any atom is -0.484 e. The quantitative estimate of drug-likeness (QED) is 0.451. The van der Waals surface area contributed by atoms with Crippen LogP contribution < -0.4 is 20.8 Å². The van der Waals surface area contributed by atoms with Crippen LogP contribution in [0.25, 0.3) is 11.0 Å². The van der Waals surface area contributed by atoms with Crippen LogP contribution in [-0.4, -0.2) is 23.4 Å². The molecular weight excluding hydrogens is 466 g/mol. The first kappa shape index (κ1) is 22.8. The third-order valence-corrected chi connectivity index (χ3v) is 7.36. The summed E-state index contributed by atoms with van der Waals surface area (Å²) >= 11 is 1.39. The molecule has 0 aliphatic carbocycles. The van der Waals surface area contributed by atoms with Crippen molar-refractivity contribution in [1.82, 2.24) is 4.98 Å². The van der Waals surface area contributed by atoms with Crippen molar-refractivity contribution in [2.24, 2.45) is 5.73 Å². The molecule has 0 saturated heterocycles. The number of hydrogen-bond donors (Lipinski definition) is 1. The molecule has 178 valence electrons. The van der Waals surface area contributed by atoms with Gasteiger partial charge in [0, 0.05) is 4.88 Å². The fourth-order valence-corrected chi connectivity index (χ4v) is 5.14. The van der Waals surface area contributed by atoms with Crippen molar-refractivity contribution >= 4 is 39.3 Å². The van der Waals surface area contributed by atoms with Crippen molar-refractivity contribution in [3.8, 4) is 5.75 Å². The average Bonchev–Trinajstić information content (AvgIpc) is 3.30. The topological polar surface area (TPSA) is 116 Å². The smallest absolute Gasteiger partial charge is 0.297 e. The van der Waals surface area contributed by atoms with Gasteiger partial charge in [0.2, 0.25) is 5.76 Å². The number of carbonyl (C=O) groups excluding carboxylic acids is 2. The maximum Gasteiger partial charge on any atom is 0.297 e. The first-order valence-electron chi connectivity index (χ1n) is 11.0. The molecule has 0 fully saturated rings. The lowest BCUT2D eigenvalue weighted by Crippen LogP contribution is -2.29. The van der Waals surface area contributed by atoms with Crippen LogP contribution in [0.3, 0.4) is 0 Å². The summed E-state index contributed by atoms with van der Waals surface area (Å²) in [6, 6.07) is 9.73. The number of rotatable bonds is 5. The van der Waals surface area contributed by atoms with Gasteiger partial charge < -0.3 is 14.9 Å². The van der Waals surface area contributed by atoms with Crippen LogP contribution in [0.2, 0.25) is 0 Å². The van der Waals surface area contributed by atoms with Crippen molar-refractivity contribution in [2.75, 3.05) is 11.5 Å². The molecular formula is C26H23N3O5S. The Hall–Kier alpha value is -3.98. The molecule has 3 heterocycles. The van der Waals surface area contributed by atoms with Gasteiger partial charge in [-0.15, -0.1) is 11.3 Å². The number of amides is 2. The second-order valence-corrected chi connectivity index (χ2v) is 9.83. The normalized spacial score (nSPS) is 15.0. The fraction of sp³-hybridized carbons (Fsp3) is 0.231. The molecule has 2 aromatic carbocycles. The molecule has 0 saturated carbocycles. The van der Waals surface area contributed by atoms with Crippen LogP contribution in [0.1, 0.15) is 49.4 Å². The lowest BCUT2D eigenvalue weighted by Gasteiger charge is -2.22. The Labute approximate surface area is 205 Å². The fourth-order valence-electron chi connectivity index (χ4n) is 4.20. The molecule has 4 aromatic rings. The van der Waals surface area contributed by atoms with E-state index in [0.29, 0.717) is 27.4 Å². The maximum absolute atomic E-state index is 13.8. The standard InChI is InChI=1S/C26H23N3O5S/c1-12-9-18-19(10-13(12)2)34-24-21(23(18)31)22(16-5-7-17(8-6-16)33-11-20(27)30)29(25(24)32)26-28-14(3)15(4)35-26/h5-10,22H,11H2,1-4H3,(H2,27,30)/t22-/m1/s1. The van der Waals surface area contributed by atoms with Crippen LogP contribution in [0.5, 0.6) is 5.75 Å². The summed E-state index contributed by atoms with van der Waals surface area (Å²) < 4.78 is 11.4. The van der Waals surface area contributed by atoms with Gasteiger partial charge in [0.05, 0.1) is 22.7 Å². The molecule has 1 atom stereocenters. The van der Waals surface area contributed by atoms with E-state index in [-0.39, 0.29) is 23.4 Å². The SMILES string of the molecule is Cc1cc2oc3c(c(=O)c2cc1C)[C@@H](c1ccc(OCC(N)=O)cc1)N(c1nc(C)c(C)s1)C3=O. The molecule has 0 bridgehead atoms. The van der Waals surface area contributed by atoms with Gasteiger partial charge in [-0.05, 0) is 68.7 Å². The van der Waals surface area contributed by atoms with Gasteiger partial charge in [-0.2, -0.15) is 0 Å². The average molecular weight is 490 g/mol. The number of thiazole rings is 1. The molecule has 5 rings (SSSR count). The number of hydrogen-bond acceptors (Lipinski definition) is 7. The van der Waals surface area contributed by atoms with Gasteiger partial charge in [-0.25, -0.2) is 4.98 Å². The highest BCUT2D eigenvalue weighted by Crippen LogP contribution is 2.43. The van der Waals surface area contributed by atoms with E-state index in [2.05, 4.69) is 4.98 Å². The summed E-state index contributed by atoms with van der Waals surface area (Å²) in [6.45, 7) is 7.44. The first-order chi connectivity index (χ1) is 16.7. The van der Waals surface area contributed by atoms with E-state index in [0.717, 1.165) is 21.7 Å². The molecule has 1 aliphatic rings. The summed E-state index contributed by atoms with van der Waals surface area (Å²) in [5.74, 6) is -0.526. The largest absolute Gasteiger partial charge is 0.484 e. The van der Waals surface area contributed by atoms with Crippen molar-refractivity contribution < 1.29 is 18.7 Å². The van der Waals surface area contributed by atoms with Crippen molar-refractivity contribution in [2.45, 2.75) is 33.7 Å². The second kappa shape index (κ2) is 8.35. The molecule has 0 spiro atoms. The number of benzene rings is 2. The van der Waals surface area contributed by atoms with E-state index >= 15 is 0 Å². The molecule has 9 heteroatoms. The van der Waals surface area contributed by atoms with Crippen LogP contribution in [-0.2, 0) is 4.79 Å². The number of nitrogens with two attached hydrogens (primary N) is 1. The van der Waals surface area contributed by atoms with E-state index in [9.17, 15) is 14.4 Å². The van der Waals surface area contributed by atoms with Crippen LogP contribution in [0.15, 0.2) is 45.6 Å². The zero-order valence-corrected chi connectivity index (χ0v) is 20.5. The Morgan fingerprint density at radius 2 is 1.80 bits per heavy atom. The summed E-state index contributed by atoms with van der Waals surface area (Å²) in [5, 5.41) is 0.922. The van der Waals surface area contributed by atoms with E-state index in [4.69, 9.17) is 14.9 Å². The predicted molar refractivity (Wildman–Crippen MR) is 133 cm³/mol. The Kier molecular flexibility index (Phi) is 5.44. The summed E-state index contributed by atoms with van der Waals surface area (Å²) in [6.07, 6.45) is 0. The van der Waals surface area contributed by atoms with Crippen molar-refractivity contribution in [1.29, 1.82) is 0 Å². The zero-order chi connectivity index (χ0) is 25.0. The Bertz CT molecular complexity index is 1550. The predicted octanol–water partition coefficient (Wildman–Crippen LogP) is 4.10. The monoisotopic (exact) mass is 489 g/mol. The highest BCUT2D eigenvalue weighted by atomic mass is 32.1. The first-order valence-corrected chi connectivity index (χ1v) is 11.8. The minimum absolute atomic E-state index is 0.0234. The summed E-state index contributed by atoms with van der Waals surface area (Å²) in [5.41, 5.74) is 9.01. The van der Waals surface area contributed by atoms with Crippen molar-refractivity contribution in [3.05, 3.63) is 85.2 Å². The number of nitrogens with zero attached hydrogens (tertiary/aromatic N) is 2. The molecule has 8 nitrogen and oxygen atoms in total. The van der Waals surface area contributed by atoms with E-state index in [1.807, 2.05) is 27.7 Å². The molecule has 0 unspecified atom stereocenters. The Balaban J connectivity index is 1.71. The molecule has 1 aliphatic heterocycles. The van der Waals surface area contributed by atoms with Gasteiger partial charge >= 0.3 is 0 Å². The highest BCUT2D eigenvalue weighted by molar-refractivity contribution is 7.15. The number of carbonyl (C=O) groups is 2.